The van der Waals surface area contributed by atoms with E-state index in [2.05, 4.69) is 30.8 Å². The fraction of sp³-hybridized carbons (Fsp3) is 0.382. The fourth-order valence-electron chi connectivity index (χ4n) is 6.58. The second-order valence-electron chi connectivity index (χ2n) is 12.4. The lowest BCUT2D eigenvalue weighted by atomic mass is 9.94. The summed E-state index contributed by atoms with van der Waals surface area (Å²) in [7, 11) is 3.12. The fourth-order valence-corrected chi connectivity index (χ4v) is 7.23. The molecule has 3 aliphatic rings. The standard InChI is InChI=1S/C34H36Cl2N8O5/c1-47-31-26(12-37-11-19-9-10-28(45)41-19)38-13-24(42-31)22-7-3-5-20(29(22)35)21-6-4-8-23(30(21)36)25-14-39-27(32(43-25)48-2)15-44-17-34(18-44)16-40-33(46)49-34/h3-8,13-14,19,28,37,41,45H,9-12,15-18H2,1-2H3,(H,40,46)/t19-,28?/m0/s1. The Morgan fingerprint density at radius 1 is 0.939 bits per heavy atom. The molecule has 0 bridgehead atoms. The van der Waals surface area contributed by atoms with Crippen LogP contribution in [0.2, 0.25) is 10.0 Å². The summed E-state index contributed by atoms with van der Waals surface area (Å²) in [5, 5.41) is 19.9. The van der Waals surface area contributed by atoms with Crippen molar-refractivity contribution < 1.29 is 24.1 Å². The van der Waals surface area contributed by atoms with Crippen molar-refractivity contribution in [2.45, 2.75) is 43.8 Å². The van der Waals surface area contributed by atoms with Crippen LogP contribution in [0.4, 0.5) is 4.79 Å². The SMILES string of the molecule is COc1nc(-c2cccc(-c3cccc(-c4cnc(CN5CC6(CNC(=O)O6)C5)c(OC)n4)c3Cl)c2Cl)cnc1CNC[C@@H]1CCC(O)N1. The molecule has 1 spiro atoms. The number of hydrogen-bond acceptors (Lipinski definition) is 12. The molecule has 49 heavy (non-hydrogen) atoms. The lowest BCUT2D eigenvalue weighted by Crippen LogP contribution is -2.63. The molecule has 13 nitrogen and oxygen atoms in total. The Labute approximate surface area is 293 Å². The smallest absolute Gasteiger partial charge is 0.407 e. The number of aromatic nitrogens is 4. The van der Waals surface area contributed by atoms with E-state index >= 15 is 0 Å². The molecule has 3 fully saturated rings. The van der Waals surface area contributed by atoms with Gasteiger partial charge in [0.1, 0.15) is 17.6 Å². The van der Waals surface area contributed by atoms with Gasteiger partial charge in [-0.1, -0.05) is 59.6 Å². The largest absolute Gasteiger partial charge is 0.480 e. The summed E-state index contributed by atoms with van der Waals surface area (Å²) in [5.74, 6) is 0.788. The molecule has 4 aromatic rings. The summed E-state index contributed by atoms with van der Waals surface area (Å²) in [6.45, 7) is 3.37. The summed E-state index contributed by atoms with van der Waals surface area (Å²) in [6, 6.07) is 11.6. The minimum Gasteiger partial charge on any atom is -0.480 e. The highest BCUT2D eigenvalue weighted by Gasteiger charge is 2.50. The molecule has 0 aliphatic carbocycles. The van der Waals surface area contributed by atoms with Gasteiger partial charge in [0.25, 0.3) is 0 Å². The van der Waals surface area contributed by atoms with E-state index in [1.807, 2.05) is 36.4 Å². The predicted molar refractivity (Wildman–Crippen MR) is 183 cm³/mol. The van der Waals surface area contributed by atoms with Crippen molar-refractivity contribution in [2.75, 3.05) is 40.4 Å². The maximum absolute atomic E-state index is 11.5. The van der Waals surface area contributed by atoms with Crippen LogP contribution >= 0.6 is 23.2 Å². The number of nitrogens with zero attached hydrogens (tertiary/aromatic N) is 5. The number of rotatable bonds is 11. The van der Waals surface area contributed by atoms with Crippen LogP contribution in [-0.2, 0) is 17.8 Å². The van der Waals surface area contributed by atoms with Crippen molar-refractivity contribution in [1.82, 2.24) is 40.8 Å². The molecule has 256 valence electrons. The van der Waals surface area contributed by atoms with Gasteiger partial charge in [0.2, 0.25) is 11.8 Å². The number of methoxy groups -OCH3 is 2. The number of aliphatic hydroxyl groups is 1. The number of carbonyl (C=O) groups excluding carboxylic acids is 1. The number of hydrogen-bond donors (Lipinski definition) is 4. The monoisotopic (exact) mass is 706 g/mol. The second kappa shape index (κ2) is 14.0. The van der Waals surface area contributed by atoms with Gasteiger partial charge in [-0.05, 0) is 12.8 Å². The number of likely N-dealkylation sites (tertiary alicyclic amines) is 1. The summed E-state index contributed by atoms with van der Waals surface area (Å²) in [6.07, 6.45) is 4.19. The molecule has 5 heterocycles. The minimum atomic E-state index is -0.470. The first-order chi connectivity index (χ1) is 23.8. The van der Waals surface area contributed by atoms with E-state index in [0.717, 1.165) is 12.8 Å². The van der Waals surface area contributed by atoms with Crippen LogP contribution in [0.25, 0.3) is 33.6 Å². The van der Waals surface area contributed by atoms with Gasteiger partial charge < -0.3 is 30.0 Å². The Hall–Kier alpha value is -4.11. The topological polar surface area (TPSA) is 156 Å². The van der Waals surface area contributed by atoms with Crippen LogP contribution in [0.3, 0.4) is 0 Å². The molecule has 2 aromatic carbocycles. The predicted octanol–water partition coefficient (Wildman–Crippen LogP) is 4.05. The normalized spacial score (nSPS) is 19.8. The lowest BCUT2D eigenvalue weighted by molar-refractivity contribution is -0.0772. The van der Waals surface area contributed by atoms with Crippen molar-refractivity contribution in [3.8, 4) is 45.4 Å². The van der Waals surface area contributed by atoms with Gasteiger partial charge in [-0.15, -0.1) is 0 Å². The third-order valence-corrected chi connectivity index (χ3v) is 9.82. The van der Waals surface area contributed by atoms with Crippen LogP contribution in [0, 0.1) is 0 Å². The van der Waals surface area contributed by atoms with Gasteiger partial charge in [0, 0.05) is 61.0 Å². The number of nitrogens with one attached hydrogen (secondary N) is 3. The average Bonchev–Trinajstić information content (AvgIpc) is 3.70. The number of halogens is 2. The maximum atomic E-state index is 11.5. The van der Waals surface area contributed by atoms with E-state index in [1.165, 1.54) is 0 Å². The Balaban J connectivity index is 1.09. The Bertz CT molecular complexity index is 1870. The number of amides is 1. The molecule has 0 saturated carbocycles. The van der Waals surface area contributed by atoms with Gasteiger partial charge in [0.05, 0.1) is 54.6 Å². The van der Waals surface area contributed by atoms with Crippen LogP contribution in [0.15, 0.2) is 48.8 Å². The molecular formula is C34H36Cl2N8O5. The number of carbonyl (C=O) groups is 1. The first-order valence-corrected chi connectivity index (χ1v) is 16.7. The number of benzene rings is 2. The Kier molecular flexibility index (Phi) is 9.55. The molecule has 3 aliphatic heterocycles. The zero-order valence-electron chi connectivity index (χ0n) is 27.0. The zero-order valence-corrected chi connectivity index (χ0v) is 28.5. The Morgan fingerprint density at radius 3 is 2.08 bits per heavy atom. The van der Waals surface area contributed by atoms with Gasteiger partial charge in [-0.2, -0.15) is 0 Å². The van der Waals surface area contributed by atoms with Gasteiger partial charge in [0.15, 0.2) is 5.60 Å². The van der Waals surface area contributed by atoms with Gasteiger partial charge in [-0.3, -0.25) is 20.2 Å². The van der Waals surface area contributed by atoms with Crippen LogP contribution in [-0.4, -0.2) is 94.3 Å². The highest BCUT2D eigenvalue weighted by molar-refractivity contribution is 6.39. The van der Waals surface area contributed by atoms with E-state index in [-0.39, 0.29) is 12.1 Å². The van der Waals surface area contributed by atoms with E-state index in [9.17, 15) is 9.90 Å². The van der Waals surface area contributed by atoms with Crippen molar-refractivity contribution in [1.29, 1.82) is 0 Å². The minimum absolute atomic E-state index is 0.205. The molecule has 2 aromatic heterocycles. The van der Waals surface area contributed by atoms with Crippen molar-refractivity contribution in [3.05, 3.63) is 70.2 Å². The van der Waals surface area contributed by atoms with Crippen molar-refractivity contribution >= 4 is 29.3 Å². The van der Waals surface area contributed by atoms with Crippen LogP contribution < -0.4 is 25.4 Å². The molecular weight excluding hydrogens is 671 g/mol. The number of alkyl carbamates (subject to hydrolysis) is 1. The van der Waals surface area contributed by atoms with Crippen molar-refractivity contribution in [3.63, 3.8) is 0 Å². The first-order valence-electron chi connectivity index (χ1n) is 16.0. The van der Waals surface area contributed by atoms with Crippen LogP contribution in [0.1, 0.15) is 24.2 Å². The summed E-state index contributed by atoms with van der Waals surface area (Å²) in [5.41, 5.74) is 4.76. The molecule has 3 saturated heterocycles. The summed E-state index contributed by atoms with van der Waals surface area (Å²) >= 11 is 14.1. The van der Waals surface area contributed by atoms with E-state index in [4.69, 9.17) is 47.4 Å². The van der Waals surface area contributed by atoms with Gasteiger partial charge >= 0.3 is 6.09 Å². The maximum Gasteiger partial charge on any atom is 0.407 e. The molecule has 1 unspecified atom stereocenters. The quantitative estimate of drug-likeness (QED) is 0.178. The highest BCUT2D eigenvalue weighted by Crippen LogP contribution is 2.42. The van der Waals surface area contributed by atoms with E-state index in [1.54, 1.807) is 26.6 Å². The summed E-state index contributed by atoms with van der Waals surface area (Å²) < 4.78 is 16.6. The molecule has 0 radical (unpaired) electrons. The Morgan fingerprint density at radius 2 is 1.53 bits per heavy atom. The van der Waals surface area contributed by atoms with Gasteiger partial charge in [-0.25, -0.2) is 14.8 Å². The van der Waals surface area contributed by atoms with E-state index < -0.39 is 11.8 Å². The second-order valence-corrected chi connectivity index (χ2v) is 13.2. The first kappa shape index (κ1) is 33.4. The zero-order chi connectivity index (χ0) is 34.1. The number of aliphatic hydroxyl groups excluding tert-OH is 1. The third-order valence-electron chi connectivity index (χ3n) is 9.01. The van der Waals surface area contributed by atoms with Crippen molar-refractivity contribution in [2.24, 2.45) is 0 Å². The van der Waals surface area contributed by atoms with E-state index in [0.29, 0.717) is 106 Å². The lowest BCUT2D eigenvalue weighted by Gasteiger charge is -2.45. The molecule has 1 amide bonds. The van der Waals surface area contributed by atoms with Crippen LogP contribution in [0.5, 0.6) is 11.8 Å². The third kappa shape index (κ3) is 6.87. The number of ether oxygens (including phenoxy) is 3. The molecule has 4 N–H and O–H groups in total. The molecule has 2 atom stereocenters. The molecule has 15 heteroatoms. The highest BCUT2D eigenvalue weighted by atomic mass is 35.5. The molecule has 7 rings (SSSR count). The summed E-state index contributed by atoms with van der Waals surface area (Å²) in [4.78, 5) is 32.4. The average molecular weight is 708 g/mol.